The number of hydrogen-bond acceptors (Lipinski definition) is 5. The summed E-state index contributed by atoms with van der Waals surface area (Å²) in [7, 11) is 4.62. The van der Waals surface area contributed by atoms with Crippen LogP contribution < -0.4 is 24.4 Å². The molecule has 7 heteroatoms. The Morgan fingerprint density at radius 1 is 1.04 bits per heavy atom. The number of rotatable bonds is 6. The van der Waals surface area contributed by atoms with Gasteiger partial charge in [-0.3, -0.25) is 9.59 Å². The van der Waals surface area contributed by atoms with E-state index in [1.165, 1.54) is 7.11 Å². The average molecular weight is 370 g/mol. The first kappa shape index (κ1) is 18.6. The molecule has 2 aromatic carbocycles. The Kier molecular flexibility index (Phi) is 5.49. The van der Waals surface area contributed by atoms with Crippen molar-refractivity contribution >= 4 is 17.5 Å². The first-order valence-corrected chi connectivity index (χ1v) is 8.53. The van der Waals surface area contributed by atoms with Gasteiger partial charge in [0.15, 0.2) is 0 Å². The number of anilines is 1. The summed E-state index contributed by atoms with van der Waals surface area (Å²) in [5, 5.41) is 2.91. The van der Waals surface area contributed by atoms with Crippen LogP contribution in [0.25, 0.3) is 0 Å². The normalized spacial score (nSPS) is 16.2. The molecule has 1 aliphatic rings. The van der Waals surface area contributed by atoms with Gasteiger partial charge in [-0.05, 0) is 24.3 Å². The molecule has 1 N–H and O–H groups in total. The van der Waals surface area contributed by atoms with Gasteiger partial charge in [0.25, 0.3) is 5.91 Å². The van der Waals surface area contributed by atoms with E-state index in [-0.39, 0.29) is 24.3 Å². The lowest BCUT2D eigenvalue weighted by Crippen LogP contribution is -2.37. The molecule has 1 fully saturated rings. The molecular formula is C20H22N2O5. The Balaban J connectivity index is 1.72. The fourth-order valence-corrected chi connectivity index (χ4v) is 3.08. The maximum Gasteiger partial charge on any atom is 0.255 e. The number of benzene rings is 2. The van der Waals surface area contributed by atoms with Crippen LogP contribution in [0.5, 0.6) is 17.2 Å². The zero-order valence-corrected chi connectivity index (χ0v) is 15.5. The van der Waals surface area contributed by atoms with Gasteiger partial charge in [0.05, 0.1) is 32.9 Å². The SMILES string of the molecule is COc1cccc(N2C[C@@H](NC(=O)c3ccc(OC)cc3OC)CC2=O)c1. The van der Waals surface area contributed by atoms with Gasteiger partial charge in [-0.15, -0.1) is 0 Å². The van der Waals surface area contributed by atoms with Crippen molar-refractivity contribution < 1.29 is 23.8 Å². The second-order valence-corrected chi connectivity index (χ2v) is 6.15. The van der Waals surface area contributed by atoms with E-state index in [0.29, 0.717) is 29.4 Å². The summed E-state index contributed by atoms with van der Waals surface area (Å²) in [5.74, 6) is 1.36. The summed E-state index contributed by atoms with van der Waals surface area (Å²) >= 11 is 0. The second kappa shape index (κ2) is 7.99. The van der Waals surface area contributed by atoms with Gasteiger partial charge in [0.2, 0.25) is 5.91 Å². The molecule has 142 valence electrons. The highest BCUT2D eigenvalue weighted by molar-refractivity contribution is 6.00. The van der Waals surface area contributed by atoms with E-state index >= 15 is 0 Å². The van der Waals surface area contributed by atoms with Gasteiger partial charge in [-0.25, -0.2) is 0 Å². The topological polar surface area (TPSA) is 77.1 Å². The highest BCUT2D eigenvalue weighted by Gasteiger charge is 2.32. The van der Waals surface area contributed by atoms with Gasteiger partial charge >= 0.3 is 0 Å². The number of ether oxygens (including phenoxy) is 3. The number of nitrogens with zero attached hydrogens (tertiary/aromatic N) is 1. The van der Waals surface area contributed by atoms with Crippen molar-refractivity contribution in [1.29, 1.82) is 0 Å². The van der Waals surface area contributed by atoms with Gasteiger partial charge in [-0.2, -0.15) is 0 Å². The van der Waals surface area contributed by atoms with E-state index in [2.05, 4.69) is 5.32 Å². The van der Waals surface area contributed by atoms with E-state index < -0.39 is 0 Å². The van der Waals surface area contributed by atoms with Crippen molar-refractivity contribution in [1.82, 2.24) is 5.32 Å². The van der Waals surface area contributed by atoms with Crippen molar-refractivity contribution in [2.45, 2.75) is 12.5 Å². The van der Waals surface area contributed by atoms with Crippen LogP contribution in [0.1, 0.15) is 16.8 Å². The van der Waals surface area contributed by atoms with Gasteiger partial charge < -0.3 is 24.4 Å². The fraction of sp³-hybridized carbons (Fsp3) is 0.300. The summed E-state index contributed by atoms with van der Waals surface area (Å²) in [6.07, 6.45) is 0.238. The maximum absolute atomic E-state index is 12.6. The van der Waals surface area contributed by atoms with Crippen molar-refractivity contribution in [3.05, 3.63) is 48.0 Å². The number of nitrogens with one attached hydrogen (secondary N) is 1. The minimum Gasteiger partial charge on any atom is -0.497 e. The Morgan fingerprint density at radius 3 is 2.48 bits per heavy atom. The van der Waals surface area contributed by atoms with E-state index in [0.717, 1.165) is 5.69 Å². The zero-order valence-electron chi connectivity index (χ0n) is 15.5. The summed E-state index contributed by atoms with van der Waals surface area (Å²) in [6, 6.07) is 12.0. The van der Waals surface area contributed by atoms with E-state index in [9.17, 15) is 9.59 Å². The van der Waals surface area contributed by atoms with Crippen LogP contribution in [0.2, 0.25) is 0 Å². The zero-order chi connectivity index (χ0) is 19.4. The van der Waals surface area contributed by atoms with Crippen molar-refractivity contribution in [3.8, 4) is 17.2 Å². The molecular weight excluding hydrogens is 348 g/mol. The lowest BCUT2D eigenvalue weighted by molar-refractivity contribution is -0.117. The molecule has 3 rings (SSSR count). The Hall–Kier alpha value is -3.22. The van der Waals surface area contributed by atoms with Crippen molar-refractivity contribution in [2.75, 3.05) is 32.8 Å². The first-order valence-electron chi connectivity index (χ1n) is 8.53. The van der Waals surface area contributed by atoms with Crippen molar-refractivity contribution in [3.63, 3.8) is 0 Å². The molecule has 0 aliphatic carbocycles. The quantitative estimate of drug-likeness (QED) is 0.844. The summed E-state index contributed by atoms with van der Waals surface area (Å²) in [4.78, 5) is 26.7. The summed E-state index contributed by atoms with van der Waals surface area (Å²) in [6.45, 7) is 0.399. The average Bonchev–Trinajstić information content (AvgIpc) is 3.07. The van der Waals surface area contributed by atoms with Crippen LogP contribution >= 0.6 is 0 Å². The molecule has 1 atom stereocenters. The highest BCUT2D eigenvalue weighted by atomic mass is 16.5. The predicted octanol–water partition coefficient (Wildman–Crippen LogP) is 2.25. The molecule has 0 radical (unpaired) electrons. The molecule has 1 heterocycles. The fourth-order valence-electron chi connectivity index (χ4n) is 3.08. The number of hydrogen-bond donors (Lipinski definition) is 1. The van der Waals surface area contributed by atoms with Crippen LogP contribution in [-0.4, -0.2) is 45.7 Å². The van der Waals surface area contributed by atoms with Crippen LogP contribution in [0.3, 0.4) is 0 Å². The highest BCUT2D eigenvalue weighted by Crippen LogP contribution is 2.27. The van der Waals surface area contributed by atoms with E-state index in [4.69, 9.17) is 14.2 Å². The minimum atomic E-state index is -0.292. The van der Waals surface area contributed by atoms with Crippen LogP contribution in [-0.2, 0) is 4.79 Å². The Morgan fingerprint density at radius 2 is 1.78 bits per heavy atom. The molecule has 7 nitrogen and oxygen atoms in total. The predicted molar refractivity (Wildman–Crippen MR) is 101 cm³/mol. The lowest BCUT2D eigenvalue weighted by Gasteiger charge is -2.18. The molecule has 0 unspecified atom stereocenters. The third-order valence-corrected chi connectivity index (χ3v) is 4.48. The largest absolute Gasteiger partial charge is 0.497 e. The third kappa shape index (κ3) is 3.97. The molecule has 2 amide bonds. The summed E-state index contributed by atoms with van der Waals surface area (Å²) < 4.78 is 15.6. The van der Waals surface area contributed by atoms with Crippen LogP contribution in [0, 0.1) is 0 Å². The van der Waals surface area contributed by atoms with Gasteiger partial charge in [-0.1, -0.05) is 6.07 Å². The Labute approximate surface area is 157 Å². The molecule has 0 aromatic heterocycles. The Bertz CT molecular complexity index is 852. The van der Waals surface area contributed by atoms with Crippen LogP contribution in [0.15, 0.2) is 42.5 Å². The van der Waals surface area contributed by atoms with E-state index in [1.807, 2.05) is 18.2 Å². The minimum absolute atomic E-state index is 0.0461. The molecule has 0 spiro atoms. The van der Waals surface area contributed by atoms with Crippen LogP contribution in [0.4, 0.5) is 5.69 Å². The molecule has 0 bridgehead atoms. The maximum atomic E-state index is 12.6. The number of amides is 2. The van der Waals surface area contributed by atoms with Gasteiger partial charge in [0.1, 0.15) is 17.2 Å². The second-order valence-electron chi connectivity index (χ2n) is 6.15. The summed E-state index contributed by atoms with van der Waals surface area (Å²) in [5.41, 5.74) is 1.14. The number of methoxy groups -OCH3 is 3. The molecule has 27 heavy (non-hydrogen) atoms. The smallest absolute Gasteiger partial charge is 0.255 e. The molecule has 2 aromatic rings. The molecule has 1 aliphatic heterocycles. The molecule has 1 saturated heterocycles. The van der Waals surface area contributed by atoms with Crippen molar-refractivity contribution in [2.24, 2.45) is 0 Å². The monoisotopic (exact) mass is 370 g/mol. The number of carbonyl (C=O) groups excluding carboxylic acids is 2. The molecule has 0 saturated carbocycles. The lowest BCUT2D eigenvalue weighted by atomic mass is 10.1. The first-order chi connectivity index (χ1) is 13.0. The van der Waals surface area contributed by atoms with E-state index in [1.54, 1.807) is 43.4 Å². The van der Waals surface area contributed by atoms with Gasteiger partial charge in [0, 0.05) is 30.8 Å². The standard InChI is InChI=1S/C20H22N2O5/c1-25-15-6-4-5-14(10-15)22-12-13(9-19(22)23)21-20(24)17-8-7-16(26-2)11-18(17)27-3/h4-8,10-11,13H,9,12H2,1-3H3,(H,21,24)/t13-/m0/s1. The third-order valence-electron chi connectivity index (χ3n) is 4.48. The number of carbonyl (C=O) groups is 2.